The van der Waals surface area contributed by atoms with E-state index in [1.165, 1.54) is 30.3 Å². The van der Waals surface area contributed by atoms with Crippen molar-refractivity contribution in [2.24, 2.45) is 0 Å². The summed E-state index contributed by atoms with van der Waals surface area (Å²) < 4.78 is 86.1. The van der Waals surface area contributed by atoms with Gasteiger partial charge >= 0.3 is 24.2 Å². The number of benzene rings is 4. The van der Waals surface area contributed by atoms with Crippen LogP contribution in [-0.4, -0.2) is 5.11 Å². The summed E-state index contributed by atoms with van der Waals surface area (Å²) in [5, 5.41) is 25.0. The van der Waals surface area contributed by atoms with Crippen LogP contribution in [0.4, 0.5) is 26.3 Å². The zero-order valence-corrected chi connectivity index (χ0v) is 23.0. The molecule has 0 bridgehead atoms. The molecule has 0 aliphatic carbocycles. The molecule has 0 saturated carbocycles. The predicted octanol–water partition coefficient (Wildman–Crippen LogP) is 9.96. The Kier molecular flexibility index (Phi) is 13.7. The van der Waals surface area contributed by atoms with Crippen molar-refractivity contribution in [1.29, 1.82) is 10.5 Å². The van der Waals surface area contributed by atoms with E-state index in [4.69, 9.17) is 15.3 Å². The molecule has 0 atom stereocenters. The van der Waals surface area contributed by atoms with Crippen LogP contribution < -0.4 is 14.2 Å². The number of aromatic hydroxyl groups is 1. The van der Waals surface area contributed by atoms with Crippen molar-refractivity contribution in [3.05, 3.63) is 121 Å². The van der Waals surface area contributed by atoms with Gasteiger partial charge in [-0.15, -0.1) is 5.26 Å². The molecule has 0 aliphatic heterocycles. The van der Waals surface area contributed by atoms with Crippen molar-refractivity contribution in [1.82, 2.24) is 0 Å². The minimum Gasteiger partial charge on any atom is -0.508 e. The Balaban J connectivity index is 0.000000276. The summed E-state index contributed by atoms with van der Waals surface area (Å²) in [4.78, 5) is 1.56. The molecule has 0 heterocycles. The summed E-state index contributed by atoms with van der Waals surface area (Å²) in [6.45, 7) is 0. The molecule has 6 nitrogen and oxygen atoms in total. The number of nitriles is 2. The molecule has 4 aromatic rings. The molecule has 0 aliphatic rings. The molecule has 0 unspecified atom stereocenters. The van der Waals surface area contributed by atoms with E-state index >= 15 is 0 Å². The predicted molar refractivity (Wildman–Crippen MR) is 148 cm³/mol. The molecule has 0 amide bonds. The zero-order valence-electron chi connectivity index (χ0n) is 21.4. The Labute approximate surface area is 249 Å². The van der Waals surface area contributed by atoms with Gasteiger partial charge in [0.05, 0.1) is 0 Å². The standard InChI is InChI=1S/C15H8F3NO2.C14H9F3O2.CBrN/c16-14(17)15(18)21-12-6-4-10(5-7-12)11-2-1-3-13(8-11)20-9-19;15-13(16)14(17)19-12-6-4-9(5-7-12)10-2-1-3-11(18)8-10;2-1-3/h1-8H;1-8,18H;. The van der Waals surface area contributed by atoms with E-state index in [9.17, 15) is 31.4 Å². The SMILES string of the molecule is N#CBr.N#COc1cccc(-c2ccc(OC(F)=C(F)F)cc2)c1.Oc1cccc(-c2ccc(OC(F)=C(F)F)cc2)c1. The highest BCUT2D eigenvalue weighted by atomic mass is 79.9. The maximum Gasteiger partial charge on any atom is 0.344 e. The minimum absolute atomic E-state index is 0.0331. The summed E-state index contributed by atoms with van der Waals surface area (Å²) in [5.41, 5.74) is 2.98. The van der Waals surface area contributed by atoms with E-state index in [0.29, 0.717) is 5.75 Å². The Hall–Kier alpha value is -5.40. The summed E-state index contributed by atoms with van der Waals surface area (Å²) >= 11 is 2.45. The normalized spacial score (nSPS) is 9.33. The number of phenols is 1. The molecule has 220 valence electrons. The van der Waals surface area contributed by atoms with Crippen LogP contribution in [0.5, 0.6) is 23.0 Å². The smallest absolute Gasteiger partial charge is 0.344 e. The van der Waals surface area contributed by atoms with Crippen molar-refractivity contribution in [3.8, 4) is 56.5 Å². The second kappa shape index (κ2) is 17.4. The molecule has 0 saturated heterocycles. The highest BCUT2D eigenvalue weighted by Crippen LogP contribution is 2.28. The lowest BCUT2D eigenvalue weighted by atomic mass is 10.1. The second-order valence-electron chi connectivity index (χ2n) is 7.68. The molecule has 0 aromatic heterocycles. The number of hydrogen-bond donors (Lipinski definition) is 1. The highest BCUT2D eigenvalue weighted by molar-refractivity contribution is 9.12. The van der Waals surface area contributed by atoms with Crippen molar-refractivity contribution >= 4 is 15.9 Å². The quantitative estimate of drug-likeness (QED) is 0.120. The molecule has 4 aromatic carbocycles. The number of nitrogens with zero attached hydrogens (tertiary/aromatic N) is 2. The fourth-order valence-electron chi connectivity index (χ4n) is 3.19. The van der Waals surface area contributed by atoms with Gasteiger partial charge in [0.2, 0.25) is 0 Å². The van der Waals surface area contributed by atoms with E-state index in [2.05, 4.69) is 25.4 Å². The zero-order chi connectivity index (χ0) is 31.8. The molecular formula is C30H17BrF6N2O4. The van der Waals surface area contributed by atoms with Crippen LogP contribution in [0.15, 0.2) is 121 Å². The molecule has 0 radical (unpaired) electrons. The molecule has 4 rings (SSSR count). The lowest BCUT2D eigenvalue weighted by molar-refractivity contribution is 0.241. The third kappa shape index (κ3) is 11.5. The van der Waals surface area contributed by atoms with Crippen LogP contribution in [0, 0.1) is 21.8 Å². The Morgan fingerprint density at radius 3 is 1.40 bits per heavy atom. The van der Waals surface area contributed by atoms with E-state index in [1.54, 1.807) is 78.0 Å². The molecule has 43 heavy (non-hydrogen) atoms. The third-order valence-electron chi connectivity index (χ3n) is 4.93. The first-order chi connectivity index (χ1) is 20.6. The van der Waals surface area contributed by atoms with Gasteiger partial charge in [0, 0.05) is 15.9 Å². The fraction of sp³-hybridized carbons (Fsp3) is 0. The van der Waals surface area contributed by atoms with Crippen LogP contribution in [0.1, 0.15) is 0 Å². The first-order valence-corrected chi connectivity index (χ1v) is 12.3. The third-order valence-corrected chi connectivity index (χ3v) is 4.93. The van der Waals surface area contributed by atoms with Gasteiger partial charge in [0.15, 0.2) is 0 Å². The number of ether oxygens (including phenoxy) is 3. The number of rotatable bonds is 7. The van der Waals surface area contributed by atoms with E-state index in [0.717, 1.165) is 22.3 Å². The monoisotopic (exact) mass is 662 g/mol. The summed E-state index contributed by atoms with van der Waals surface area (Å²) in [6.07, 6.45) is -3.45. The van der Waals surface area contributed by atoms with Gasteiger partial charge in [-0.3, -0.25) is 0 Å². The number of phenolic OH excluding ortho intramolecular Hbond substituents is 1. The van der Waals surface area contributed by atoms with Crippen LogP contribution in [0.2, 0.25) is 0 Å². The summed E-state index contributed by atoms with van der Waals surface area (Å²) in [6, 6.07) is 21.2. The second-order valence-corrected chi connectivity index (χ2v) is 8.03. The maximum absolute atomic E-state index is 12.6. The largest absolute Gasteiger partial charge is 0.508 e. The molecule has 13 heteroatoms. The molecule has 0 spiro atoms. The number of hydrogen-bond acceptors (Lipinski definition) is 6. The topological polar surface area (TPSA) is 95.5 Å². The lowest BCUT2D eigenvalue weighted by Crippen LogP contribution is -1.90. The minimum atomic E-state index is -2.51. The average molecular weight is 663 g/mol. The summed E-state index contributed by atoms with van der Waals surface area (Å²) in [5.74, 6) is 0.415. The fourth-order valence-corrected chi connectivity index (χ4v) is 3.19. The first kappa shape index (κ1) is 33.8. The van der Waals surface area contributed by atoms with Gasteiger partial charge in [-0.05, 0) is 70.8 Å². The highest BCUT2D eigenvalue weighted by Gasteiger charge is 2.09. The molecule has 1 N–H and O–H groups in total. The molecule has 0 fully saturated rings. The Morgan fingerprint density at radius 2 is 1.00 bits per heavy atom. The van der Waals surface area contributed by atoms with Gasteiger partial charge in [-0.25, -0.2) is 0 Å². The van der Waals surface area contributed by atoms with Gasteiger partial charge < -0.3 is 19.3 Å². The van der Waals surface area contributed by atoms with Crippen LogP contribution in [0.3, 0.4) is 0 Å². The average Bonchev–Trinajstić information content (AvgIpc) is 2.99. The van der Waals surface area contributed by atoms with Crippen LogP contribution in [-0.2, 0) is 0 Å². The van der Waals surface area contributed by atoms with Gasteiger partial charge in [0.1, 0.15) is 28.0 Å². The van der Waals surface area contributed by atoms with Crippen LogP contribution in [0.25, 0.3) is 22.3 Å². The Bertz CT molecular complexity index is 1640. The van der Waals surface area contributed by atoms with Gasteiger partial charge in [-0.1, -0.05) is 48.5 Å². The van der Waals surface area contributed by atoms with Gasteiger partial charge in [0.25, 0.3) is 6.26 Å². The first-order valence-electron chi connectivity index (χ1n) is 11.5. The van der Waals surface area contributed by atoms with Crippen molar-refractivity contribution in [3.63, 3.8) is 0 Å². The van der Waals surface area contributed by atoms with Crippen molar-refractivity contribution in [2.75, 3.05) is 0 Å². The molecular weight excluding hydrogens is 646 g/mol. The van der Waals surface area contributed by atoms with Gasteiger partial charge in [-0.2, -0.15) is 31.6 Å². The van der Waals surface area contributed by atoms with Crippen molar-refractivity contribution in [2.45, 2.75) is 0 Å². The van der Waals surface area contributed by atoms with Crippen LogP contribution >= 0.6 is 15.9 Å². The maximum atomic E-state index is 12.6. The van der Waals surface area contributed by atoms with E-state index in [-0.39, 0.29) is 17.2 Å². The van der Waals surface area contributed by atoms with E-state index in [1.807, 2.05) is 0 Å². The lowest BCUT2D eigenvalue weighted by Gasteiger charge is -2.05. The van der Waals surface area contributed by atoms with Crippen molar-refractivity contribution < 1.29 is 45.7 Å². The summed E-state index contributed by atoms with van der Waals surface area (Å²) in [7, 11) is 0. The van der Waals surface area contributed by atoms with E-state index < -0.39 is 24.2 Å². The Morgan fingerprint density at radius 1 is 0.581 bits per heavy atom. The number of halogens is 7.